The van der Waals surface area contributed by atoms with E-state index >= 15 is 0 Å². The molecule has 0 aromatic carbocycles. The smallest absolute Gasteiger partial charge is 0.168 e. The Balaban J connectivity index is 2.28. The topological polar surface area (TPSA) is 38.6 Å². The lowest BCUT2D eigenvalue weighted by atomic mass is 10.3. The van der Waals surface area contributed by atoms with Gasteiger partial charge in [0.1, 0.15) is 6.10 Å². The first kappa shape index (κ1) is 4.99. The number of ether oxygens (including phenoxy) is 1. The number of epoxide rings is 1. The summed E-state index contributed by atoms with van der Waals surface area (Å²) in [5.74, 6) is 0.854. The maximum Gasteiger partial charge on any atom is 0.168 e. The molecule has 1 atom stereocenters. The van der Waals surface area contributed by atoms with Crippen molar-refractivity contribution in [1.29, 1.82) is 0 Å². The number of hydrogen-bond acceptors (Lipinski definition) is 3. The van der Waals surface area contributed by atoms with Crippen molar-refractivity contribution in [2.75, 3.05) is 6.61 Å². The number of aromatic nitrogens is 1. The molecule has 1 aromatic rings. The number of hydrogen-bond donors (Lipinski definition) is 0. The van der Waals surface area contributed by atoms with Crippen LogP contribution in [0.5, 0.6) is 0 Å². The van der Waals surface area contributed by atoms with E-state index in [9.17, 15) is 0 Å². The SMILES string of the molecule is Cc1cc(C2CO2)on1. The van der Waals surface area contributed by atoms with E-state index in [1.807, 2.05) is 13.0 Å². The van der Waals surface area contributed by atoms with Crippen LogP contribution >= 0.6 is 0 Å². The van der Waals surface area contributed by atoms with Crippen molar-refractivity contribution in [1.82, 2.24) is 5.16 Å². The largest absolute Gasteiger partial charge is 0.365 e. The van der Waals surface area contributed by atoms with Crippen LogP contribution < -0.4 is 0 Å². The quantitative estimate of drug-likeness (QED) is 0.526. The van der Waals surface area contributed by atoms with E-state index < -0.39 is 0 Å². The fraction of sp³-hybridized carbons (Fsp3) is 0.500. The Morgan fingerprint density at radius 3 is 3.00 bits per heavy atom. The van der Waals surface area contributed by atoms with Crippen LogP contribution in [-0.2, 0) is 4.74 Å². The van der Waals surface area contributed by atoms with Crippen LogP contribution in [0, 0.1) is 6.92 Å². The Hall–Kier alpha value is -0.830. The van der Waals surface area contributed by atoms with Gasteiger partial charge in [0.15, 0.2) is 5.76 Å². The van der Waals surface area contributed by atoms with Crippen molar-refractivity contribution in [2.45, 2.75) is 13.0 Å². The Kier molecular flexibility index (Phi) is 0.873. The van der Waals surface area contributed by atoms with E-state index in [1.165, 1.54) is 0 Å². The fourth-order valence-electron chi connectivity index (χ4n) is 0.747. The lowest BCUT2D eigenvalue weighted by Crippen LogP contribution is -1.70. The zero-order valence-electron chi connectivity index (χ0n) is 5.13. The molecule has 0 spiro atoms. The van der Waals surface area contributed by atoms with E-state index in [4.69, 9.17) is 9.26 Å². The molecule has 0 bridgehead atoms. The van der Waals surface area contributed by atoms with Gasteiger partial charge >= 0.3 is 0 Å². The van der Waals surface area contributed by atoms with Gasteiger partial charge < -0.3 is 9.26 Å². The molecule has 1 unspecified atom stereocenters. The summed E-state index contributed by atoms with van der Waals surface area (Å²) in [6.07, 6.45) is 0.200. The van der Waals surface area contributed by atoms with Gasteiger partial charge in [-0.05, 0) is 6.92 Å². The Morgan fingerprint density at radius 2 is 2.56 bits per heavy atom. The number of nitrogens with zero attached hydrogens (tertiary/aromatic N) is 1. The van der Waals surface area contributed by atoms with Gasteiger partial charge in [0.25, 0.3) is 0 Å². The van der Waals surface area contributed by atoms with Gasteiger partial charge in [-0.1, -0.05) is 5.16 Å². The summed E-state index contributed by atoms with van der Waals surface area (Å²) < 4.78 is 9.89. The average Bonchev–Trinajstić information content (AvgIpc) is 2.58. The highest BCUT2D eigenvalue weighted by Crippen LogP contribution is 2.29. The third kappa shape index (κ3) is 0.833. The summed E-state index contributed by atoms with van der Waals surface area (Å²) in [7, 11) is 0. The van der Waals surface area contributed by atoms with Crippen molar-refractivity contribution in [3.63, 3.8) is 0 Å². The molecule has 1 aliphatic heterocycles. The molecule has 9 heavy (non-hydrogen) atoms. The van der Waals surface area contributed by atoms with Crippen molar-refractivity contribution in [2.24, 2.45) is 0 Å². The van der Waals surface area contributed by atoms with E-state index in [-0.39, 0.29) is 6.10 Å². The van der Waals surface area contributed by atoms with Crippen LogP contribution in [0.2, 0.25) is 0 Å². The second-order valence-corrected chi connectivity index (χ2v) is 2.19. The predicted molar refractivity (Wildman–Crippen MR) is 29.9 cm³/mol. The van der Waals surface area contributed by atoms with Gasteiger partial charge in [-0.15, -0.1) is 0 Å². The molecular formula is C6H7NO2. The minimum atomic E-state index is 0.200. The van der Waals surface area contributed by atoms with Crippen LogP contribution in [-0.4, -0.2) is 11.8 Å². The molecule has 0 aliphatic carbocycles. The maximum absolute atomic E-state index is 4.97. The third-order valence-corrected chi connectivity index (χ3v) is 1.30. The molecule has 3 heteroatoms. The molecule has 0 N–H and O–H groups in total. The molecule has 3 nitrogen and oxygen atoms in total. The minimum Gasteiger partial charge on any atom is -0.365 e. The van der Waals surface area contributed by atoms with E-state index in [0.717, 1.165) is 18.1 Å². The summed E-state index contributed by atoms with van der Waals surface area (Å²) >= 11 is 0. The minimum absolute atomic E-state index is 0.200. The van der Waals surface area contributed by atoms with Crippen molar-refractivity contribution in [3.8, 4) is 0 Å². The zero-order valence-corrected chi connectivity index (χ0v) is 5.13. The monoisotopic (exact) mass is 125 g/mol. The van der Waals surface area contributed by atoms with Gasteiger partial charge in [0.05, 0.1) is 12.3 Å². The number of rotatable bonds is 1. The fourth-order valence-corrected chi connectivity index (χ4v) is 0.747. The van der Waals surface area contributed by atoms with Crippen LogP contribution in [0.3, 0.4) is 0 Å². The van der Waals surface area contributed by atoms with Gasteiger partial charge in [-0.2, -0.15) is 0 Å². The van der Waals surface area contributed by atoms with Gasteiger partial charge in [-0.3, -0.25) is 0 Å². The third-order valence-electron chi connectivity index (χ3n) is 1.30. The molecular weight excluding hydrogens is 118 g/mol. The lowest BCUT2D eigenvalue weighted by molar-refractivity contribution is 0.324. The first-order valence-corrected chi connectivity index (χ1v) is 2.91. The first-order valence-electron chi connectivity index (χ1n) is 2.91. The second kappa shape index (κ2) is 1.57. The molecule has 48 valence electrons. The van der Waals surface area contributed by atoms with Crippen LogP contribution in [0.4, 0.5) is 0 Å². The van der Waals surface area contributed by atoms with Crippen LogP contribution in [0.15, 0.2) is 10.6 Å². The van der Waals surface area contributed by atoms with Crippen molar-refractivity contribution < 1.29 is 9.26 Å². The van der Waals surface area contributed by atoms with Gasteiger partial charge in [-0.25, -0.2) is 0 Å². The van der Waals surface area contributed by atoms with Crippen molar-refractivity contribution in [3.05, 3.63) is 17.5 Å². The standard InChI is InChI=1S/C6H7NO2/c1-4-2-5(9-7-4)6-3-8-6/h2,6H,3H2,1H3. The molecule has 2 heterocycles. The van der Waals surface area contributed by atoms with Crippen LogP contribution in [0.25, 0.3) is 0 Å². The van der Waals surface area contributed by atoms with E-state index in [0.29, 0.717) is 0 Å². The highest BCUT2D eigenvalue weighted by molar-refractivity contribution is 5.08. The summed E-state index contributed by atoms with van der Waals surface area (Å²) in [6, 6.07) is 1.90. The van der Waals surface area contributed by atoms with Gasteiger partial charge in [0, 0.05) is 6.07 Å². The molecule has 0 amide bonds. The molecule has 0 saturated carbocycles. The summed E-state index contributed by atoms with van der Waals surface area (Å²) in [6.45, 7) is 2.68. The molecule has 1 saturated heterocycles. The molecule has 1 fully saturated rings. The Morgan fingerprint density at radius 1 is 1.78 bits per heavy atom. The number of aryl methyl sites for hydroxylation is 1. The normalized spacial score (nSPS) is 24.3. The highest BCUT2D eigenvalue weighted by Gasteiger charge is 2.28. The van der Waals surface area contributed by atoms with Gasteiger partial charge in [0.2, 0.25) is 0 Å². The first-order chi connectivity index (χ1) is 4.36. The Labute approximate surface area is 52.6 Å². The maximum atomic E-state index is 4.97. The average molecular weight is 125 g/mol. The lowest BCUT2D eigenvalue weighted by Gasteiger charge is -1.77. The summed E-state index contributed by atoms with van der Waals surface area (Å²) in [5, 5.41) is 3.72. The molecule has 2 rings (SSSR count). The second-order valence-electron chi connectivity index (χ2n) is 2.19. The molecule has 1 aromatic heterocycles. The summed E-state index contributed by atoms with van der Waals surface area (Å²) in [5.41, 5.74) is 0.917. The van der Waals surface area contributed by atoms with E-state index in [1.54, 1.807) is 0 Å². The zero-order chi connectivity index (χ0) is 6.27. The van der Waals surface area contributed by atoms with Crippen molar-refractivity contribution >= 4 is 0 Å². The Bertz CT molecular complexity index is 215. The summed E-state index contributed by atoms with van der Waals surface area (Å²) in [4.78, 5) is 0. The van der Waals surface area contributed by atoms with Crippen LogP contribution in [0.1, 0.15) is 17.6 Å². The molecule has 1 aliphatic rings. The predicted octanol–water partition coefficient (Wildman–Crippen LogP) is 1.05. The highest BCUT2D eigenvalue weighted by atomic mass is 16.6. The molecule has 0 radical (unpaired) electrons. The van der Waals surface area contributed by atoms with E-state index in [2.05, 4.69) is 5.16 Å².